The van der Waals surface area contributed by atoms with Crippen molar-refractivity contribution in [3.8, 4) is 0 Å². The Kier molecular flexibility index (Phi) is 9.67. The van der Waals surface area contributed by atoms with E-state index in [1.54, 1.807) is 12.1 Å². The molecule has 9 heteroatoms. The molecule has 0 heterocycles. The Morgan fingerprint density at radius 2 is 1.78 bits per heavy atom. The highest BCUT2D eigenvalue weighted by molar-refractivity contribution is 6.42. The first-order valence-corrected chi connectivity index (χ1v) is 7.34. The van der Waals surface area contributed by atoms with Gasteiger partial charge in [0.15, 0.2) is 0 Å². The lowest BCUT2D eigenvalue weighted by molar-refractivity contribution is -0.192. The van der Waals surface area contributed by atoms with Gasteiger partial charge in [0.25, 0.3) is 0 Å². The Balaban J connectivity index is 0.000000585. The lowest BCUT2D eigenvalue weighted by Crippen LogP contribution is -2.22. The molecule has 0 spiro atoms. The Bertz CT molecular complexity index is 536. The molecule has 0 aliphatic rings. The van der Waals surface area contributed by atoms with Crippen LogP contribution in [0, 0.1) is 0 Å². The molecule has 4 nitrogen and oxygen atoms in total. The fourth-order valence-electron chi connectivity index (χ4n) is 1.28. The molecule has 23 heavy (non-hydrogen) atoms. The van der Waals surface area contributed by atoms with Crippen molar-refractivity contribution >= 4 is 35.1 Å². The van der Waals surface area contributed by atoms with Gasteiger partial charge < -0.3 is 10.4 Å². The molecule has 2 N–H and O–H groups in total. The van der Waals surface area contributed by atoms with E-state index in [1.807, 2.05) is 6.07 Å². The zero-order valence-corrected chi connectivity index (χ0v) is 13.7. The van der Waals surface area contributed by atoms with Crippen molar-refractivity contribution in [1.29, 1.82) is 0 Å². The number of amides is 1. The topological polar surface area (TPSA) is 66.4 Å². The van der Waals surface area contributed by atoms with E-state index < -0.39 is 12.1 Å². The molecule has 0 saturated carbocycles. The summed E-state index contributed by atoms with van der Waals surface area (Å²) in [4.78, 5) is 20.3. The fourth-order valence-corrected chi connectivity index (χ4v) is 1.60. The van der Waals surface area contributed by atoms with Crippen molar-refractivity contribution < 1.29 is 27.9 Å². The quantitative estimate of drug-likeness (QED) is 0.801. The van der Waals surface area contributed by atoms with Gasteiger partial charge >= 0.3 is 12.1 Å². The highest BCUT2D eigenvalue weighted by atomic mass is 35.5. The third-order valence-corrected chi connectivity index (χ3v) is 3.21. The van der Waals surface area contributed by atoms with E-state index in [2.05, 4.69) is 12.2 Å². The number of rotatable bonds is 5. The van der Waals surface area contributed by atoms with Crippen LogP contribution >= 0.6 is 23.2 Å². The number of halogens is 5. The Morgan fingerprint density at radius 3 is 2.22 bits per heavy atom. The van der Waals surface area contributed by atoms with Gasteiger partial charge in [-0.05, 0) is 24.1 Å². The number of hydrogen-bond acceptors (Lipinski definition) is 2. The molecular weight excluding hydrogens is 358 g/mol. The van der Waals surface area contributed by atoms with Crippen LogP contribution in [0.3, 0.4) is 0 Å². The maximum Gasteiger partial charge on any atom is 0.490 e. The number of hydrogen-bond donors (Lipinski definition) is 2. The summed E-state index contributed by atoms with van der Waals surface area (Å²) in [6, 6.07) is 5.36. The second-order valence-electron chi connectivity index (χ2n) is 4.43. The number of nitrogens with one attached hydrogen (secondary N) is 1. The normalized spacial score (nSPS) is 10.5. The molecule has 130 valence electrons. The number of carbonyl (C=O) groups excluding carboxylic acids is 1. The molecule has 0 radical (unpaired) electrons. The van der Waals surface area contributed by atoms with Gasteiger partial charge in [-0.3, -0.25) is 4.79 Å². The highest BCUT2D eigenvalue weighted by Gasteiger charge is 2.38. The van der Waals surface area contributed by atoms with Crippen molar-refractivity contribution in [2.75, 3.05) is 0 Å². The molecule has 1 rings (SSSR count). The molecule has 0 bridgehead atoms. The van der Waals surface area contributed by atoms with Gasteiger partial charge in [0, 0.05) is 13.0 Å². The minimum atomic E-state index is -5.08. The molecule has 1 aromatic rings. The first kappa shape index (κ1) is 21.5. The SMILES string of the molecule is CCCCC(=O)NCc1ccc(Cl)c(Cl)c1.O=C(O)C(F)(F)F. The zero-order valence-electron chi connectivity index (χ0n) is 12.2. The Hall–Kier alpha value is -1.47. The summed E-state index contributed by atoms with van der Waals surface area (Å²) in [5.74, 6) is -2.68. The standard InChI is InChI=1S/C12H15Cl2NO.C2HF3O2/c1-2-3-4-12(16)15-8-9-5-6-10(13)11(14)7-9;3-2(4,5)1(6)7/h5-7H,2-4,8H2,1H3,(H,15,16);(H,6,7). The Labute approximate surface area is 141 Å². The van der Waals surface area contributed by atoms with E-state index >= 15 is 0 Å². The first-order valence-electron chi connectivity index (χ1n) is 6.58. The van der Waals surface area contributed by atoms with Crippen LogP contribution in [0.4, 0.5) is 13.2 Å². The summed E-state index contributed by atoms with van der Waals surface area (Å²) in [6.45, 7) is 2.56. The average molecular weight is 374 g/mol. The molecule has 0 atom stereocenters. The monoisotopic (exact) mass is 373 g/mol. The zero-order chi connectivity index (χ0) is 18.0. The van der Waals surface area contributed by atoms with Crippen LogP contribution in [0.15, 0.2) is 18.2 Å². The molecule has 1 aromatic carbocycles. The van der Waals surface area contributed by atoms with Crippen LogP contribution in [-0.4, -0.2) is 23.2 Å². The van der Waals surface area contributed by atoms with E-state index in [1.165, 1.54) is 0 Å². The largest absolute Gasteiger partial charge is 0.490 e. The van der Waals surface area contributed by atoms with Crippen molar-refractivity contribution in [3.63, 3.8) is 0 Å². The predicted molar refractivity (Wildman–Crippen MR) is 81.5 cm³/mol. The first-order chi connectivity index (χ1) is 10.6. The molecule has 0 fully saturated rings. The summed E-state index contributed by atoms with van der Waals surface area (Å²) >= 11 is 11.7. The van der Waals surface area contributed by atoms with Gasteiger partial charge in [-0.25, -0.2) is 4.79 Å². The molecule has 0 aromatic heterocycles. The van der Waals surface area contributed by atoms with E-state index in [-0.39, 0.29) is 5.91 Å². The second-order valence-corrected chi connectivity index (χ2v) is 5.25. The van der Waals surface area contributed by atoms with Crippen molar-refractivity contribution in [2.24, 2.45) is 0 Å². The summed E-state index contributed by atoms with van der Waals surface area (Å²) in [6.07, 6.45) is -2.55. The minimum absolute atomic E-state index is 0.0768. The smallest absolute Gasteiger partial charge is 0.475 e. The van der Waals surface area contributed by atoms with E-state index in [0.717, 1.165) is 18.4 Å². The molecule has 0 aliphatic heterocycles. The van der Waals surface area contributed by atoms with Gasteiger partial charge in [-0.2, -0.15) is 13.2 Å². The van der Waals surface area contributed by atoms with Crippen LogP contribution in [-0.2, 0) is 16.1 Å². The van der Waals surface area contributed by atoms with Crippen LogP contribution < -0.4 is 5.32 Å². The number of unbranched alkanes of at least 4 members (excludes halogenated alkanes) is 1. The van der Waals surface area contributed by atoms with Crippen molar-refractivity contribution in [3.05, 3.63) is 33.8 Å². The highest BCUT2D eigenvalue weighted by Crippen LogP contribution is 2.22. The molecule has 0 aliphatic carbocycles. The molecule has 0 unspecified atom stereocenters. The fraction of sp³-hybridized carbons (Fsp3) is 0.429. The van der Waals surface area contributed by atoms with Gasteiger partial charge in [0.1, 0.15) is 0 Å². The summed E-state index contributed by atoms with van der Waals surface area (Å²) in [5, 5.41) is 11.0. The molecular formula is C14H16Cl2F3NO3. The maximum atomic E-state index is 11.4. The van der Waals surface area contributed by atoms with Crippen molar-refractivity contribution in [2.45, 2.75) is 38.9 Å². The van der Waals surface area contributed by atoms with Crippen LogP contribution in [0.2, 0.25) is 10.0 Å². The van der Waals surface area contributed by atoms with Crippen LogP contribution in [0.5, 0.6) is 0 Å². The van der Waals surface area contributed by atoms with Gasteiger partial charge in [-0.15, -0.1) is 0 Å². The number of carboxylic acid groups (broad SMARTS) is 1. The van der Waals surface area contributed by atoms with E-state index in [4.69, 9.17) is 33.1 Å². The molecule has 0 saturated heterocycles. The number of aliphatic carboxylic acids is 1. The summed E-state index contributed by atoms with van der Waals surface area (Å²) in [7, 11) is 0. The number of carboxylic acids is 1. The molecule has 1 amide bonds. The maximum absolute atomic E-state index is 11.4. The number of benzene rings is 1. The van der Waals surface area contributed by atoms with Crippen LogP contribution in [0.25, 0.3) is 0 Å². The van der Waals surface area contributed by atoms with Gasteiger partial charge in [-0.1, -0.05) is 42.6 Å². The third kappa shape index (κ3) is 10.0. The summed E-state index contributed by atoms with van der Waals surface area (Å²) in [5.41, 5.74) is 0.958. The minimum Gasteiger partial charge on any atom is -0.475 e. The predicted octanol–water partition coefficient (Wildman–Crippen LogP) is 4.43. The summed E-state index contributed by atoms with van der Waals surface area (Å²) < 4.78 is 31.7. The van der Waals surface area contributed by atoms with Crippen molar-refractivity contribution in [1.82, 2.24) is 5.32 Å². The van der Waals surface area contributed by atoms with E-state index in [0.29, 0.717) is 23.0 Å². The van der Waals surface area contributed by atoms with Gasteiger partial charge in [0.2, 0.25) is 5.91 Å². The van der Waals surface area contributed by atoms with Crippen LogP contribution in [0.1, 0.15) is 31.7 Å². The average Bonchev–Trinajstić information content (AvgIpc) is 2.46. The van der Waals surface area contributed by atoms with Gasteiger partial charge in [0.05, 0.1) is 10.0 Å². The third-order valence-electron chi connectivity index (χ3n) is 2.47. The lowest BCUT2D eigenvalue weighted by Gasteiger charge is -2.05. The number of carbonyl (C=O) groups is 2. The van der Waals surface area contributed by atoms with E-state index in [9.17, 15) is 18.0 Å². The lowest BCUT2D eigenvalue weighted by atomic mass is 10.2. The number of alkyl halides is 3. The Morgan fingerprint density at radius 1 is 1.22 bits per heavy atom. The second kappa shape index (κ2) is 10.3.